The molecule has 0 spiro atoms. The van der Waals surface area contributed by atoms with Crippen LogP contribution in [-0.4, -0.2) is 26.8 Å². The molecule has 0 radical (unpaired) electrons. The predicted molar refractivity (Wildman–Crippen MR) is 115 cm³/mol. The number of hydrogen-bond donors (Lipinski definition) is 1. The Bertz CT molecular complexity index is 1460. The van der Waals surface area contributed by atoms with Gasteiger partial charge in [0, 0.05) is 6.42 Å². The first-order valence-corrected chi connectivity index (χ1v) is 10.7. The average Bonchev–Trinajstić information content (AvgIpc) is 3.59. The van der Waals surface area contributed by atoms with E-state index in [1.54, 1.807) is 30.3 Å². The maximum Gasteiger partial charge on any atom is 0.259 e. The van der Waals surface area contributed by atoms with Crippen LogP contribution >= 0.6 is 11.3 Å². The third-order valence-corrected chi connectivity index (χ3v) is 6.26. The largest absolute Gasteiger partial charge is 0.463 e. The smallest absolute Gasteiger partial charge is 0.259 e. The van der Waals surface area contributed by atoms with Crippen LogP contribution in [0.25, 0.3) is 34.0 Å². The molecule has 0 fully saturated rings. The van der Waals surface area contributed by atoms with Crippen molar-refractivity contribution >= 4 is 39.3 Å². The molecule has 0 bridgehead atoms. The van der Waals surface area contributed by atoms with Crippen LogP contribution < -0.4 is 5.32 Å². The Hall–Kier alpha value is -4.05. The Balaban J connectivity index is 1.47. The zero-order valence-corrected chi connectivity index (χ0v) is 17.3. The number of Topliss-reactive ketones (excluding diaryl/α,β-unsaturated/α-hetero) is 1. The number of furan rings is 2. The van der Waals surface area contributed by atoms with Crippen molar-refractivity contribution in [2.75, 3.05) is 5.32 Å². The highest BCUT2D eigenvalue weighted by atomic mass is 32.1. The van der Waals surface area contributed by atoms with E-state index in [0.717, 1.165) is 18.5 Å². The number of pyridine rings is 1. The van der Waals surface area contributed by atoms with Crippen LogP contribution in [0.15, 0.2) is 56.2 Å². The molecule has 1 aliphatic rings. The molecule has 6 rings (SSSR count). The van der Waals surface area contributed by atoms with E-state index in [1.807, 2.05) is 0 Å². The fourth-order valence-corrected chi connectivity index (χ4v) is 4.72. The Morgan fingerprint density at radius 2 is 1.88 bits per heavy atom. The lowest BCUT2D eigenvalue weighted by molar-refractivity contribution is 0.0975. The second-order valence-electron chi connectivity index (χ2n) is 7.25. The van der Waals surface area contributed by atoms with E-state index in [9.17, 15) is 9.59 Å². The van der Waals surface area contributed by atoms with Gasteiger partial charge in [0.15, 0.2) is 28.1 Å². The lowest BCUT2D eigenvalue weighted by Gasteiger charge is -2.06. The monoisotopic (exact) mass is 446 g/mol. The maximum absolute atomic E-state index is 13.4. The molecule has 5 aromatic heterocycles. The quantitative estimate of drug-likeness (QED) is 0.410. The lowest BCUT2D eigenvalue weighted by Crippen LogP contribution is -2.13. The van der Waals surface area contributed by atoms with Crippen LogP contribution in [0.1, 0.15) is 38.6 Å². The van der Waals surface area contributed by atoms with Gasteiger partial charge in [0.2, 0.25) is 0 Å². The maximum atomic E-state index is 13.4. The first kappa shape index (κ1) is 18.7. The van der Waals surface area contributed by atoms with Crippen molar-refractivity contribution in [3.05, 3.63) is 59.0 Å². The van der Waals surface area contributed by atoms with Gasteiger partial charge in [0.05, 0.1) is 34.0 Å². The minimum absolute atomic E-state index is 0.0646. The van der Waals surface area contributed by atoms with Crippen molar-refractivity contribution < 1.29 is 22.9 Å². The Labute approximate surface area is 184 Å². The minimum atomic E-state index is -0.431. The molecular weight excluding hydrogens is 432 g/mol. The zero-order valence-electron chi connectivity index (χ0n) is 16.5. The number of carbonyl (C=O) groups is 2. The third-order valence-electron chi connectivity index (χ3n) is 5.21. The summed E-state index contributed by atoms with van der Waals surface area (Å²) < 4.78 is 16.3. The van der Waals surface area contributed by atoms with Crippen molar-refractivity contribution in [2.24, 2.45) is 0 Å². The van der Waals surface area contributed by atoms with Gasteiger partial charge in [-0.3, -0.25) is 14.9 Å². The van der Waals surface area contributed by atoms with Crippen LogP contribution in [0.4, 0.5) is 5.13 Å². The SMILES string of the molecule is O=C1CCCc2nc(NC(=O)c3cc(-c4ccco4)nc4onc(-c5ccco5)c34)sc21. The fraction of sp³-hybridized carbons (Fsp3) is 0.136. The molecule has 9 nitrogen and oxygen atoms in total. The van der Waals surface area contributed by atoms with E-state index >= 15 is 0 Å². The molecule has 0 unspecified atom stereocenters. The van der Waals surface area contributed by atoms with Gasteiger partial charge in [-0.15, -0.1) is 0 Å². The van der Waals surface area contributed by atoms with Gasteiger partial charge in [-0.1, -0.05) is 16.5 Å². The number of nitrogens with zero attached hydrogens (tertiary/aromatic N) is 3. The normalized spacial score (nSPS) is 13.4. The van der Waals surface area contributed by atoms with Gasteiger partial charge in [0.1, 0.15) is 5.69 Å². The number of aryl methyl sites for hydroxylation is 1. The number of thiazole rings is 1. The fourth-order valence-electron chi connectivity index (χ4n) is 3.75. The summed E-state index contributed by atoms with van der Waals surface area (Å²) in [5.41, 5.74) is 1.96. The summed E-state index contributed by atoms with van der Waals surface area (Å²) in [6.45, 7) is 0. The Morgan fingerprint density at radius 3 is 2.62 bits per heavy atom. The number of amides is 1. The number of carbonyl (C=O) groups excluding carboxylic acids is 2. The summed E-state index contributed by atoms with van der Waals surface area (Å²) >= 11 is 1.19. The number of nitrogens with one attached hydrogen (secondary N) is 1. The molecule has 0 saturated carbocycles. The van der Waals surface area contributed by atoms with Crippen molar-refractivity contribution in [1.29, 1.82) is 0 Å². The summed E-state index contributed by atoms with van der Waals surface area (Å²) in [6.07, 6.45) is 5.04. The molecule has 0 aliphatic heterocycles. The second kappa shape index (κ2) is 7.27. The van der Waals surface area contributed by atoms with E-state index in [0.29, 0.717) is 44.7 Å². The molecule has 32 heavy (non-hydrogen) atoms. The molecular formula is C22H14N4O5S. The average molecular weight is 446 g/mol. The molecule has 1 aliphatic carbocycles. The molecule has 0 aromatic carbocycles. The number of anilines is 1. The van der Waals surface area contributed by atoms with Gasteiger partial charge in [-0.05, 0) is 43.2 Å². The highest BCUT2D eigenvalue weighted by molar-refractivity contribution is 7.17. The standard InChI is InChI=1S/C22H14N4O5S/c27-14-5-1-4-12-19(14)32-22(24-12)25-20(28)11-10-13(15-6-2-8-29-15)23-21-17(11)18(26-31-21)16-7-3-9-30-16/h2-3,6-10H,1,4-5H2,(H,24,25,28). The summed E-state index contributed by atoms with van der Waals surface area (Å²) in [6, 6.07) is 8.52. The van der Waals surface area contributed by atoms with Crippen LogP contribution in [0.2, 0.25) is 0 Å². The molecule has 5 aromatic rings. The molecule has 158 valence electrons. The zero-order chi connectivity index (χ0) is 21.7. The van der Waals surface area contributed by atoms with E-state index in [1.165, 1.54) is 23.9 Å². The van der Waals surface area contributed by atoms with E-state index < -0.39 is 5.91 Å². The number of rotatable bonds is 4. The first-order valence-electron chi connectivity index (χ1n) is 9.90. The summed E-state index contributed by atoms with van der Waals surface area (Å²) in [5, 5.41) is 7.67. The second-order valence-corrected chi connectivity index (χ2v) is 8.25. The predicted octanol–water partition coefficient (Wildman–Crippen LogP) is 4.97. The number of ketones is 1. The molecule has 10 heteroatoms. The Kier molecular flexibility index (Phi) is 4.25. The number of fused-ring (bicyclic) bond motifs is 2. The van der Waals surface area contributed by atoms with Crippen molar-refractivity contribution in [3.63, 3.8) is 0 Å². The molecule has 0 saturated heterocycles. The van der Waals surface area contributed by atoms with Gasteiger partial charge >= 0.3 is 0 Å². The third kappa shape index (κ3) is 3.04. The first-order chi connectivity index (χ1) is 15.7. The van der Waals surface area contributed by atoms with Gasteiger partial charge < -0.3 is 13.4 Å². The highest BCUT2D eigenvalue weighted by Crippen LogP contribution is 2.34. The molecule has 0 atom stereocenters. The number of hydrogen-bond acceptors (Lipinski definition) is 9. The molecule has 1 amide bonds. The lowest BCUT2D eigenvalue weighted by atomic mass is 10.0. The van der Waals surface area contributed by atoms with Crippen LogP contribution in [0.5, 0.6) is 0 Å². The van der Waals surface area contributed by atoms with Crippen LogP contribution in [-0.2, 0) is 6.42 Å². The summed E-state index contributed by atoms with van der Waals surface area (Å²) in [5.74, 6) is 0.558. The van der Waals surface area contributed by atoms with Crippen molar-refractivity contribution in [3.8, 4) is 22.9 Å². The van der Waals surface area contributed by atoms with Crippen LogP contribution in [0, 0.1) is 0 Å². The number of aromatic nitrogens is 3. The summed E-state index contributed by atoms with van der Waals surface area (Å²) in [4.78, 5) is 35.1. The topological polar surface area (TPSA) is 124 Å². The van der Waals surface area contributed by atoms with Crippen LogP contribution in [0.3, 0.4) is 0 Å². The Morgan fingerprint density at radius 1 is 1.06 bits per heavy atom. The molecule has 5 heterocycles. The van der Waals surface area contributed by atoms with E-state index in [4.69, 9.17) is 13.4 Å². The van der Waals surface area contributed by atoms with Gasteiger partial charge in [-0.25, -0.2) is 9.97 Å². The van der Waals surface area contributed by atoms with E-state index in [-0.39, 0.29) is 17.1 Å². The van der Waals surface area contributed by atoms with Crippen molar-refractivity contribution in [2.45, 2.75) is 19.3 Å². The van der Waals surface area contributed by atoms with Gasteiger partial charge in [-0.2, -0.15) is 0 Å². The summed E-state index contributed by atoms with van der Waals surface area (Å²) in [7, 11) is 0. The molecule has 1 N–H and O–H groups in total. The van der Waals surface area contributed by atoms with Crippen molar-refractivity contribution in [1.82, 2.24) is 15.1 Å². The highest BCUT2D eigenvalue weighted by Gasteiger charge is 2.26. The minimum Gasteiger partial charge on any atom is -0.463 e. The van der Waals surface area contributed by atoms with E-state index in [2.05, 4.69) is 20.4 Å². The van der Waals surface area contributed by atoms with Gasteiger partial charge in [0.25, 0.3) is 11.6 Å².